The van der Waals surface area contributed by atoms with Gasteiger partial charge in [-0.25, -0.2) is 19.4 Å². The number of aliphatic imine (C=N–C) groups is 1. The van der Waals surface area contributed by atoms with Gasteiger partial charge < -0.3 is 30.8 Å². The molecule has 12 heteroatoms. The molecule has 5 N–H and O–H groups in total. The topological polar surface area (TPSA) is 139 Å². The third-order valence-electron chi connectivity index (χ3n) is 8.38. The molecule has 46 heavy (non-hydrogen) atoms. The molecule has 0 fully saturated rings. The van der Waals surface area contributed by atoms with Gasteiger partial charge in [0, 0.05) is 47.1 Å². The number of nitrogens with one attached hydrogen (secondary N) is 5. The minimum atomic E-state index is 0.538. The number of aromatic nitrogens is 7. The first kappa shape index (κ1) is 26.0. The van der Waals surface area contributed by atoms with Crippen LogP contribution in [0.25, 0.3) is 27.8 Å². The predicted octanol–water partition coefficient (Wildman–Crippen LogP) is 7.24. The molecule has 8 aromatic rings. The van der Waals surface area contributed by atoms with Crippen molar-refractivity contribution in [3.8, 4) is 0 Å². The number of fused-ring (bicyclic) bond motifs is 1. The molecule has 0 unspecified atom stereocenters. The number of hydrogen-bond acceptors (Lipinski definition) is 9. The molecule has 9 rings (SSSR count). The minimum Gasteiger partial charge on any atom is -0.366 e. The van der Waals surface area contributed by atoms with Gasteiger partial charge in [0.2, 0.25) is 11.6 Å². The molecule has 0 atom stereocenters. The van der Waals surface area contributed by atoms with Crippen LogP contribution in [0.4, 0.5) is 45.9 Å². The molecule has 0 spiro atoms. The molecule has 0 aliphatic carbocycles. The highest BCUT2D eigenvalue weighted by Crippen LogP contribution is 2.46. The molecule has 5 aromatic heterocycles. The summed E-state index contributed by atoms with van der Waals surface area (Å²) >= 11 is 0. The standard InChI is InChI=1S/C34H28N12/c1-2-35-23-7-3-8-24(41-28-11-5-15-36-28)22(23)17-27-20-13-14-21-30(20)46-33(43-27)38-18-39-34(46)44-32(21)45-19-40-25-9-4-10-26(31(25)45)42-29-12-6-16-37-29/h2-16,18,36-37,40-42H,17,19H2,1H3/b35-2-. The fourth-order valence-electron chi connectivity index (χ4n) is 6.41. The molecule has 0 saturated carbocycles. The molecule has 0 amide bonds. The molecule has 0 bridgehead atoms. The van der Waals surface area contributed by atoms with Crippen LogP contribution in [0, 0.1) is 0 Å². The lowest BCUT2D eigenvalue weighted by Gasteiger charge is -2.22. The van der Waals surface area contributed by atoms with E-state index in [9.17, 15) is 0 Å². The first-order chi connectivity index (χ1) is 22.7. The summed E-state index contributed by atoms with van der Waals surface area (Å²) < 4.78 is 1.96. The Morgan fingerprint density at radius 2 is 1.57 bits per heavy atom. The van der Waals surface area contributed by atoms with Crippen LogP contribution in [0.3, 0.4) is 0 Å². The van der Waals surface area contributed by atoms with Gasteiger partial charge in [-0.1, -0.05) is 18.2 Å². The lowest BCUT2D eigenvalue weighted by atomic mass is 10.0. The SMILES string of the molecule is C/C=N\c1cccc(Nc2ccc[nH]2)c1Cc1nc2ncnc3nc(N4CNc5cccc(Nc6ccc[nH]6)c54)c4ccc1c4n23. The molecule has 224 valence electrons. The summed E-state index contributed by atoms with van der Waals surface area (Å²) in [6.07, 6.45) is 7.69. The van der Waals surface area contributed by atoms with E-state index in [1.54, 1.807) is 0 Å². The van der Waals surface area contributed by atoms with E-state index in [-0.39, 0.29) is 0 Å². The van der Waals surface area contributed by atoms with E-state index < -0.39 is 0 Å². The largest absolute Gasteiger partial charge is 0.366 e. The van der Waals surface area contributed by atoms with Crippen LogP contribution in [0.15, 0.2) is 96.5 Å². The summed E-state index contributed by atoms with van der Waals surface area (Å²) in [6, 6.07) is 24.5. The summed E-state index contributed by atoms with van der Waals surface area (Å²) in [5.74, 6) is 3.71. The van der Waals surface area contributed by atoms with Crippen molar-refractivity contribution in [2.45, 2.75) is 13.3 Å². The monoisotopic (exact) mass is 604 g/mol. The molecule has 0 saturated heterocycles. The van der Waals surface area contributed by atoms with Crippen LogP contribution >= 0.6 is 0 Å². The highest BCUT2D eigenvalue weighted by molar-refractivity contribution is 6.08. The van der Waals surface area contributed by atoms with Crippen molar-refractivity contribution in [1.82, 2.24) is 34.3 Å². The van der Waals surface area contributed by atoms with Gasteiger partial charge in [-0.15, -0.1) is 0 Å². The summed E-state index contributed by atoms with van der Waals surface area (Å²) in [6.45, 7) is 2.49. The second-order valence-electron chi connectivity index (χ2n) is 11.1. The van der Waals surface area contributed by atoms with Crippen molar-refractivity contribution >= 4 is 79.9 Å². The minimum absolute atomic E-state index is 0.538. The van der Waals surface area contributed by atoms with E-state index in [1.807, 2.05) is 72.4 Å². The van der Waals surface area contributed by atoms with E-state index in [0.29, 0.717) is 24.6 Å². The molecule has 1 aliphatic rings. The van der Waals surface area contributed by atoms with Gasteiger partial charge in [0.05, 0.1) is 40.6 Å². The average molecular weight is 605 g/mol. The van der Waals surface area contributed by atoms with E-state index in [1.165, 1.54) is 6.33 Å². The predicted molar refractivity (Wildman–Crippen MR) is 183 cm³/mol. The maximum atomic E-state index is 5.09. The number of nitrogens with zero attached hydrogens (tertiary/aromatic N) is 7. The second-order valence-corrected chi connectivity index (χ2v) is 11.1. The second kappa shape index (κ2) is 10.3. The highest BCUT2D eigenvalue weighted by atomic mass is 15.3. The van der Waals surface area contributed by atoms with E-state index in [4.69, 9.17) is 15.0 Å². The fourth-order valence-corrected chi connectivity index (χ4v) is 6.41. The van der Waals surface area contributed by atoms with Crippen LogP contribution in [0.5, 0.6) is 0 Å². The zero-order valence-electron chi connectivity index (χ0n) is 24.8. The first-order valence-electron chi connectivity index (χ1n) is 15.0. The smallest absolute Gasteiger partial charge is 0.240 e. The zero-order valence-corrected chi connectivity index (χ0v) is 24.8. The van der Waals surface area contributed by atoms with Crippen LogP contribution < -0.4 is 20.9 Å². The van der Waals surface area contributed by atoms with Crippen molar-refractivity contribution in [1.29, 1.82) is 0 Å². The summed E-state index contributed by atoms with van der Waals surface area (Å²) in [7, 11) is 0. The van der Waals surface area contributed by atoms with Crippen LogP contribution in [0.2, 0.25) is 0 Å². The van der Waals surface area contributed by atoms with Crippen LogP contribution in [0.1, 0.15) is 18.2 Å². The Morgan fingerprint density at radius 3 is 2.35 bits per heavy atom. The van der Waals surface area contributed by atoms with Crippen LogP contribution in [-0.2, 0) is 6.42 Å². The summed E-state index contributed by atoms with van der Waals surface area (Å²) in [5.41, 5.74) is 7.77. The van der Waals surface area contributed by atoms with Gasteiger partial charge >= 0.3 is 0 Å². The fraction of sp³-hybridized carbons (Fsp3) is 0.0882. The van der Waals surface area contributed by atoms with Gasteiger partial charge in [0.1, 0.15) is 23.8 Å². The maximum Gasteiger partial charge on any atom is 0.240 e. The number of hydrogen-bond donors (Lipinski definition) is 5. The van der Waals surface area contributed by atoms with Crippen molar-refractivity contribution in [2.75, 3.05) is 27.5 Å². The molecule has 12 nitrogen and oxygen atoms in total. The number of rotatable bonds is 8. The first-order valence-corrected chi connectivity index (χ1v) is 15.0. The number of benzene rings is 2. The Balaban J connectivity index is 1.21. The molecule has 6 heterocycles. The third-order valence-corrected chi connectivity index (χ3v) is 8.38. The summed E-state index contributed by atoms with van der Waals surface area (Å²) in [5, 5.41) is 12.6. The third kappa shape index (κ3) is 4.11. The average Bonchev–Trinajstić information content (AvgIpc) is 3.90. The molecule has 1 aliphatic heterocycles. The molecule has 3 aromatic carbocycles. The van der Waals surface area contributed by atoms with Crippen molar-refractivity contribution in [3.63, 3.8) is 0 Å². The van der Waals surface area contributed by atoms with Gasteiger partial charge in [-0.2, -0.15) is 4.98 Å². The Morgan fingerprint density at radius 1 is 0.826 bits per heavy atom. The van der Waals surface area contributed by atoms with Crippen molar-refractivity contribution in [3.05, 3.63) is 103 Å². The van der Waals surface area contributed by atoms with Crippen molar-refractivity contribution < 1.29 is 0 Å². The van der Waals surface area contributed by atoms with Gasteiger partial charge in [0.25, 0.3) is 0 Å². The number of anilines is 7. The van der Waals surface area contributed by atoms with E-state index >= 15 is 0 Å². The molecular weight excluding hydrogens is 576 g/mol. The van der Waals surface area contributed by atoms with Crippen molar-refractivity contribution in [2.24, 2.45) is 4.99 Å². The lowest BCUT2D eigenvalue weighted by molar-refractivity contribution is 0.974. The van der Waals surface area contributed by atoms with E-state index in [0.717, 1.165) is 73.4 Å². The Bertz CT molecular complexity index is 2370. The maximum absolute atomic E-state index is 5.09. The summed E-state index contributed by atoms with van der Waals surface area (Å²) in [4.78, 5) is 32.7. The number of H-pyrrole nitrogens is 2. The highest BCUT2D eigenvalue weighted by Gasteiger charge is 2.29. The number of aromatic amines is 2. The number of para-hydroxylation sites is 1. The van der Waals surface area contributed by atoms with Crippen LogP contribution in [-0.4, -0.2) is 47.2 Å². The molecule has 0 radical (unpaired) electrons. The Labute approximate surface area is 262 Å². The van der Waals surface area contributed by atoms with Gasteiger partial charge in [0.15, 0.2) is 0 Å². The van der Waals surface area contributed by atoms with Gasteiger partial charge in [-0.05, 0) is 61.5 Å². The zero-order chi connectivity index (χ0) is 30.6. The Kier molecular flexibility index (Phi) is 5.85. The lowest BCUT2D eigenvalue weighted by Crippen LogP contribution is -2.20. The van der Waals surface area contributed by atoms with E-state index in [2.05, 4.69) is 71.1 Å². The van der Waals surface area contributed by atoms with Gasteiger partial charge in [-0.3, -0.25) is 4.99 Å². The normalized spacial score (nSPS) is 12.9. The molecular formula is C34H28N12. The quantitative estimate of drug-likeness (QED) is 0.114. The Hall–Kier alpha value is -6.43.